The largest absolute Gasteiger partial charge is 0.328 e. The first-order valence-corrected chi connectivity index (χ1v) is 6.95. The van der Waals surface area contributed by atoms with Crippen molar-refractivity contribution in [2.75, 3.05) is 6.54 Å². The first kappa shape index (κ1) is 13.4. The van der Waals surface area contributed by atoms with Crippen molar-refractivity contribution < 1.29 is 0 Å². The molecule has 1 saturated heterocycles. The van der Waals surface area contributed by atoms with Crippen LogP contribution in [-0.2, 0) is 13.1 Å². The van der Waals surface area contributed by atoms with Crippen LogP contribution in [0.5, 0.6) is 0 Å². The van der Waals surface area contributed by atoms with Crippen molar-refractivity contribution in [3.8, 4) is 0 Å². The lowest BCUT2D eigenvalue weighted by Gasteiger charge is -2.35. The molecule has 2 N–H and O–H groups in total. The standard InChI is InChI=1S/C12H24N6/c1-3-4-6-18-12(14-15-16-18)9-17-7-5-11(13)8-10(17)2/h10-11H,3-9,13H2,1-2H3. The van der Waals surface area contributed by atoms with Crippen LogP contribution >= 0.6 is 0 Å². The van der Waals surface area contributed by atoms with Gasteiger partial charge in [-0.05, 0) is 36.6 Å². The molecule has 2 unspecified atom stereocenters. The van der Waals surface area contributed by atoms with E-state index in [4.69, 9.17) is 5.73 Å². The zero-order valence-corrected chi connectivity index (χ0v) is 11.4. The van der Waals surface area contributed by atoms with Crippen LogP contribution in [0.2, 0.25) is 0 Å². The van der Waals surface area contributed by atoms with Crippen LogP contribution in [0, 0.1) is 0 Å². The second-order valence-electron chi connectivity index (χ2n) is 5.28. The maximum absolute atomic E-state index is 5.98. The molecule has 0 saturated carbocycles. The monoisotopic (exact) mass is 252 g/mol. The molecule has 18 heavy (non-hydrogen) atoms. The molecular formula is C12H24N6. The Balaban J connectivity index is 1.94. The number of hydrogen-bond acceptors (Lipinski definition) is 5. The number of aryl methyl sites for hydroxylation is 1. The average Bonchev–Trinajstić information content (AvgIpc) is 2.77. The Hall–Kier alpha value is -1.01. The minimum absolute atomic E-state index is 0.354. The Morgan fingerprint density at radius 3 is 3.00 bits per heavy atom. The smallest absolute Gasteiger partial charge is 0.165 e. The first-order valence-electron chi connectivity index (χ1n) is 6.95. The van der Waals surface area contributed by atoms with Crippen LogP contribution < -0.4 is 5.73 Å². The lowest BCUT2D eigenvalue weighted by Crippen LogP contribution is -2.45. The van der Waals surface area contributed by atoms with Gasteiger partial charge >= 0.3 is 0 Å². The number of nitrogens with zero attached hydrogens (tertiary/aromatic N) is 5. The molecule has 1 aromatic rings. The molecule has 2 rings (SSSR count). The fraction of sp³-hybridized carbons (Fsp3) is 0.917. The van der Waals surface area contributed by atoms with Crippen LogP contribution in [0.15, 0.2) is 0 Å². The summed E-state index contributed by atoms with van der Waals surface area (Å²) in [5.74, 6) is 0.978. The summed E-state index contributed by atoms with van der Waals surface area (Å²) in [7, 11) is 0. The lowest BCUT2D eigenvalue weighted by atomic mass is 9.99. The minimum Gasteiger partial charge on any atom is -0.328 e. The van der Waals surface area contributed by atoms with Crippen molar-refractivity contribution in [3.05, 3.63) is 5.82 Å². The summed E-state index contributed by atoms with van der Waals surface area (Å²) in [4.78, 5) is 2.43. The maximum Gasteiger partial charge on any atom is 0.165 e. The molecule has 0 amide bonds. The number of tetrazole rings is 1. The molecule has 1 aliphatic rings. The SMILES string of the molecule is CCCCn1nnnc1CN1CCC(N)CC1C. The van der Waals surface area contributed by atoms with Gasteiger partial charge < -0.3 is 5.73 Å². The maximum atomic E-state index is 5.98. The number of piperidine rings is 1. The third-order valence-electron chi connectivity index (χ3n) is 3.73. The summed E-state index contributed by atoms with van der Waals surface area (Å²) >= 11 is 0. The topological polar surface area (TPSA) is 72.9 Å². The van der Waals surface area contributed by atoms with Gasteiger partial charge in [-0.3, -0.25) is 4.90 Å². The Labute approximate surface area is 109 Å². The van der Waals surface area contributed by atoms with Gasteiger partial charge in [0.05, 0.1) is 6.54 Å². The summed E-state index contributed by atoms with van der Waals surface area (Å²) in [6.07, 6.45) is 4.42. The second kappa shape index (κ2) is 6.24. The van der Waals surface area contributed by atoms with Crippen molar-refractivity contribution >= 4 is 0 Å². The van der Waals surface area contributed by atoms with Crippen molar-refractivity contribution in [2.24, 2.45) is 5.73 Å². The van der Waals surface area contributed by atoms with E-state index in [2.05, 4.69) is 34.3 Å². The predicted octanol–water partition coefficient (Wildman–Crippen LogP) is 0.785. The van der Waals surface area contributed by atoms with Gasteiger partial charge in [-0.15, -0.1) is 5.10 Å². The summed E-state index contributed by atoms with van der Waals surface area (Å²) in [6, 6.07) is 0.873. The molecule has 102 valence electrons. The number of nitrogens with two attached hydrogens (primary N) is 1. The van der Waals surface area contributed by atoms with Crippen LogP contribution in [0.3, 0.4) is 0 Å². The van der Waals surface area contributed by atoms with E-state index >= 15 is 0 Å². The molecule has 6 heteroatoms. The third-order valence-corrected chi connectivity index (χ3v) is 3.73. The van der Waals surface area contributed by atoms with Crippen molar-refractivity contribution in [1.82, 2.24) is 25.1 Å². The van der Waals surface area contributed by atoms with Crippen LogP contribution in [0.1, 0.15) is 45.4 Å². The van der Waals surface area contributed by atoms with E-state index < -0.39 is 0 Å². The summed E-state index contributed by atoms with van der Waals surface area (Å²) in [5, 5.41) is 12.0. The molecule has 0 aromatic carbocycles. The Bertz CT molecular complexity index is 363. The molecule has 0 radical (unpaired) electrons. The molecule has 2 heterocycles. The molecule has 2 atom stereocenters. The van der Waals surface area contributed by atoms with Gasteiger partial charge in [-0.1, -0.05) is 13.3 Å². The Kier molecular flexibility index (Phi) is 4.66. The predicted molar refractivity (Wildman–Crippen MR) is 69.8 cm³/mol. The third kappa shape index (κ3) is 3.26. The van der Waals surface area contributed by atoms with Gasteiger partial charge in [0.15, 0.2) is 5.82 Å². The Morgan fingerprint density at radius 1 is 1.44 bits per heavy atom. The van der Waals surface area contributed by atoms with Crippen molar-refractivity contribution in [3.63, 3.8) is 0 Å². The molecule has 0 aliphatic carbocycles. The molecular weight excluding hydrogens is 228 g/mol. The number of hydrogen-bond donors (Lipinski definition) is 1. The first-order chi connectivity index (χ1) is 8.70. The molecule has 1 aliphatic heterocycles. The number of unbranched alkanes of at least 4 members (excludes halogenated alkanes) is 1. The normalized spacial score (nSPS) is 25.5. The van der Waals surface area contributed by atoms with Crippen LogP contribution in [0.4, 0.5) is 0 Å². The summed E-state index contributed by atoms with van der Waals surface area (Å²) < 4.78 is 1.94. The van der Waals surface area contributed by atoms with E-state index in [1.807, 2.05) is 4.68 Å². The highest BCUT2D eigenvalue weighted by molar-refractivity contribution is 4.87. The van der Waals surface area contributed by atoms with Gasteiger partial charge in [-0.2, -0.15) is 0 Å². The molecule has 1 aromatic heterocycles. The van der Waals surface area contributed by atoms with Crippen molar-refractivity contribution in [2.45, 2.75) is 64.7 Å². The van der Waals surface area contributed by atoms with Crippen molar-refractivity contribution in [1.29, 1.82) is 0 Å². The van der Waals surface area contributed by atoms with Gasteiger partial charge in [0.2, 0.25) is 0 Å². The van der Waals surface area contributed by atoms with Gasteiger partial charge in [0.1, 0.15) is 0 Å². The summed E-state index contributed by atoms with van der Waals surface area (Å²) in [5.41, 5.74) is 5.98. The van der Waals surface area contributed by atoms with E-state index in [1.54, 1.807) is 0 Å². The van der Waals surface area contributed by atoms with Crippen LogP contribution in [-0.4, -0.2) is 43.7 Å². The highest BCUT2D eigenvalue weighted by atomic mass is 15.5. The number of aromatic nitrogens is 4. The fourth-order valence-electron chi connectivity index (χ4n) is 2.49. The minimum atomic E-state index is 0.354. The molecule has 1 fully saturated rings. The van der Waals surface area contributed by atoms with E-state index in [0.29, 0.717) is 12.1 Å². The molecule has 0 bridgehead atoms. The van der Waals surface area contributed by atoms with Gasteiger partial charge in [-0.25, -0.2) is 4.68 Å². The molecule has 0 spiro atoms. The molecule has 6 nitrogen and oxygen atoms in total. The van der Waals surface area contributed by atoms with E-state index in [1.165, 1.54) is 0 Å². The lowest BCUT2D eigenvalue weighted by molar-refractivity contribution is 0.134. The quantitative estimate of drug-likeness (QED) is 0.838. The van der Waals surface area contributed by atoms with Gasteiger partial charge in [0.25, 0.3) is 0 Å². The number of rotatable bonds is 5. The highest BCUT2D eigenvalue weighted by Gasteiger charge is 2.24. The second-order valence-corrected chi connectivity index (χ2v) is 5.28. The zero-order valence-electron chi connectivity index (χ0n) is 11.4. The summed E-state index contributed by atoms with van der Waals surface area (Å²) in [6.45, 7) is 7.21. The van der Waals surface area contributed by atoms with E-state index in [9.17, 15) is 0 Å². The van der Waals surface area contributed by atoms with E-state index in [-0.39, 0.29) is 0 Å². The number of likely N-dealkylation sites (tertiary alicyclic amines) is 1. The average molecular weight is 252 g/mol. The van der Waals surface area contributed by atoms with E-state index in [0.717, 1.165) is 51.1 Å². The van der Waals surface area contributed by atoms with Crippen LogP contribution in [0.25, 0.3) is 0 Å². The fourth-order valence-corrected chi connectivity index (χ4v) is 2.49. The Morgan fingerprint density at radius 2 is 2.28 bits per heavy atom. The zero-order chi connectivity index (χ0) is 13.0. The van der Waals surface area contributed by atoms with Gasteiger partial charge in [0, 0.05) is 25.2 Å². The highest BCUT2D eigenvalue weighted by Crippen LogP contribution is 2.17.